The third-order valence-electron chi connectivity index (χ3n) is 5.55. The number of piperazine rings is 1. The number of nitrogens with two attached hydrogens (primary N) is 1. The van der Waals surface area contributed by atoms with E-state index in [1.165, 1.54) is 0 Å². The van der Waals surface area contributed by atoms with Crippen molar-refractivity contribution in [3.63, 3.8) is 0 Å². The molecule has 0 radical (unpaired) electrons. The second kappa shape index (κ2) is 11.4. The molecule has 0 spiro atoms. The number of methoxy groups -OCH3 is 2. The van der Waals surface area contributed by atoms with Crippen LogP contribution >= 0.6 is 0 Å². The predicted octanol–water partition coefficient (Wildman–Crippen LogP) is 1.89. The lowest BCUT2D eigenvalue weighted by atomic mass is 10.1. The molecule has 3 N–H and O–H groups in total. The van der Waals surface area contributed by atoms with E-state index in [9.17, 15) is 0 Å². The fourth-order valence-electron chi connectivity index (χ4n) is 3.63. The van der Waals surface area contributed by atoms with E-state index >= 15 is 0 Å². The highest BCUT2D eigenvalue weighted by Crippen LogP contribution is 2.27. The van der Waals surface area contributed by atoms with Gasteiger partial charge in [-0.3, -0.25) is 0 Å². The van der Waals surface area contributed by atoms with Crippen LogP contribution in [0.2, 0.25) is 0 Å². The van der Waals surface area contributed by atoms with Crippen LogP contribution in [-0.4, -0.2) is 69.3 Å². The van der Waals surface area contributed by atoms with Gasteiger partial charge in [0.2, 0.25) is 0 Å². The summed E-state index contributed by atoms with van der Waals surface area (Å²) in [5.74, 6) is 2.91. The van der Waals surface area contributed by atoms with Gasteiger partial charge in [0, 0.05) is 38.9 Å². The molecule has 2 aromatic rings. The number of hydrogen-bond acceptors (Lipinski definition) is 6. The number of aliphatic imine (C=N–C) groups is 1. The van der Waals surface area contributed by atoms with Crippen molar-refractivity contribution in [1.82, 2.24) is 15.2 Å². The summed E-state index contributed by atoms with van der Waals surface area (Å²) in [6.07, 6.45) is 2.66. The molecule has 1 aliphatic heterocycles. The second-order valence-electron chi connectivity index (χ2n) is 7.51. The summed E-state index contributed by atoms with van der Waals surface area (Å²) in [4.78, 5) is 13.8. The Hall–Kier alpha value is -3.00. The number of guanidine groups is 1. The molecule has 1 saturated heterocycles. The van der Waals surface area contributed by atoms with Crippen LogP contribution in [0, 0.1) is 0 Å². The zero-order valence-electron chi connectivity index (χ0n) is 18.8. The molecule has 1 aliphatic rings. The maximum atomic E-state index is 6.06. The van der Waals surface area contributed by atoms with Gasteiger partial charge in [0.25, 0.3) is 0 Å². The summed E-state index contributed by atoms with van der Waals surface area (Å²) < 4.78 is 10.6. The Morgan fingerprint density at radius 3 is 2.55 bits per heavy atom. The first-order valence-electron chi connectivity index (χ1n) is 10.8. The summed E-state index contributed by atoms with van der Waals surface area (Å²) in [5, 5.41) is 3.18. The van der Waals surface area contributed by atoms with Crippen LogP contribution in [0.4, 0.5) is 5.82 Å². The number of aromatic nitrogens is 1. The molecule has 31 heavy (non-hydrogen) atoms. The molecule has 1 aromatic carbocycles. The van der Waals surface area contributed by atoms with E-state index in [0.717, 1.165) is 67.6 Å². The number of nitrogens with one attached hydrogen (secondary N) is 1. The fraction of sp³-hybridized carbons (Fsp3) is 0.478. The molecule has 8 nitrogen and oxygen atoms in total. The van der Waals surface area contributed by atoms with Crippen LogP contribution in [-0.2, 0) is 13.0 Å². The number of rotatable bonds is 9. The summed E-state index contributed by atoms with van der Waals surface area (Å²) in [7, 11) is 3.27. The van der Waals surface area contributed by atoms with Gasteiger partial charge in [-0.2, -0.15) is 0 Å². The maximum Gasteiger partial charge on any atom is 0.188 e. The van der Waals surface area contributed by atoms with Gasteiger partial charge in [0.1, 0.15) is 5.82 Å². The lowest BCUT2D eigenvalue weighted by molar-refractivity contribution is 0.270. The molecule has 0 atom stereocenters. The zero-order valence-corrected chi connectivity index (χ0v) is 18.8. The van der Waals surface area contributed by atoms with Crippen LogP contribution in [0.1, 0.15) is 18.1 Å². The van der Waals surface area contributed by atoms with Gasteiger partial charge in [0.15, 0.2) is 17.5 Å². The number of anilines is 1. The Labute approximate surface area is 185 Å². The Morgan fingerprint density at radius 1 is 1.06 bits per heavy atom. The summed E-state index contributed by atoms with van der Waals surface area (Å²) in [6, 6.07) is 10.0. The summed E-state index contributed by atoms with van der Waals surface area (Å²) >= 11 is 0. The largest absolute Gasteiger partial charge is 0.493 e. The van der Waals surface area contributed by atoms with Gasteiger partial charge in [-0.1, -0.05) is 13.0 Å². The van der Waals surface area contributed by atoms with E-state index < -0.39 is 0 Å². The molecule has 0 unspecified atom stereocenters. The second-order valence-corrected chi connectivity index (χ2v) is 7.51. The predicted molar refractivity (Wildman–Crippen MR) is 125 cm³/mol. The smallest absolute Gasteiger partial charge is 0.188 e. The minimum atomic E-state index is 0.440. The minimum Gasteiger partial charge on any atom is -0.493 e. The number of likely N-dealkylation sites (N-methyl/N-ethyl adjacent to an activating group) is 1. The van der Waals surface area contributed by atoms with Gasteiger partial charge in [-0.25, -0.2) is 9.98 Å². The Morgan fingerprint density at radius 2 is 1.84 bits per heavy atom. The molecule has 8 heteroatoms. The number of hydrogen-bond donors (Lipinski definition) is 2. The molecular formula is C23H34N6O2. The molecule has 0 bridgehead atoms. The van der Waals surface area contributed by atoms with Crippen molar-refractivity contribution in [2.75, 3.05) is 58.4 Å². The molecule has 3 rings (SSSR count). The number of benzene rings is 1. The van der Waals surface area contributed by atoms with Crippen LogP contribution in [0.25, 0.3) is 0 Å². The molecule has 1 fully saturated rings. The lowest BCUT2D eigenvalue weighted by Gasteiger charge is -2.34. The molecule has 168 valence electrons. The van der Waals surface area contributed by atoms with E-state index in [-0.39, 0.29) is 0 Å². The zero-order chi connectivity index (χ0) is 22.1. The van der Waals surface area contributed by atoms with Crippen molar-refractivity contribution in [2.45, 2.75) is 19.9 Å². The Bertz CT molecular complexity index is 865. The van der Waals surface area contributed by atoms with E-state index in [4.69, 9.17) is 15.2 Å². The van der Waals surface area contributed by atoms with Crippen LogP contribution in [0.15, 0.2) is 41.5 Å². The molecule has 0 aliphatic carbocycles. The highest BCUT2D eigenvalue weighted by molar-refractivity contribution is 5.77. The van der Waals surface area contributed by atoms with Crippen molar-refractivity contribution >= 4 is 11.8 Å². The fourth-order valence-corrected chi connectivity index (χ4v) is 3.63. The maximum absolute atomic E-state index is 6.06. The molecule has 0 saturated carbocycles. The minimum absolute atomic E-state index is 0.440. The summed E-state index contributed by atoms with van der Waals surface area (Å²) in [6.45, 7) is 8.71. The van der Waals surface area contributed by atoms with E-state index in [0.29, 0.717) is 19.0 Å². The van der Waals surface area contributed by atoms with Crippen molar-refractivity contribution in [3.05, 3.63) is 47.7 Å². The van der Waals surface area contributed by atoms with Gasteiger partial charge >= 0.3 is 0 Å². The summed E-state index contributed by atoms with van der Waals surface area (Å²) in [5.41, 5.74) is 8.30. The average Bonchev–Trinajstić information content (AvgIpc) is 2.83. The van der Waals surface area contributed by atoms with Gasteiger partial charge in [-0.15, -0.1) is 0 Å². The molecule has 0 amide bonds. The highest BCUT2D eigenvalue weighted by Gasteiger charge is 2.16. The third kappa shape index (κ3) is 6.49. The van der Waals surface area contributed by atoms with Crippen molar-refractivity contribution in [1.29, 1.82) is 0 Å². The first kappa shape index (κ1) is 22.7. The lowest BCUT2D eigenvalue weighted by Crippen LogP contribution is -2.46. The molecular weight excluding hydrogens is 392 g/mol. The van der Waals surface area contributed by atoms with Crippen LogP contribution < -0.4 is 25.4 Å². The highest BCUT2D eigenvalue weighted by atomic mass is 16.5. The van der Waals surface area contributed by atoms with Gasteiger partial charge in [0.05, 0.1) is 20.8 Å². The molecule has 1 aromatic heterocycles. The standard InChI is InChI=1S/C23H34N6O2/c1-4-28-11-13-29(14-12-28)22-16-19(8-9-25-22)17-27-23(24)26-10-7-18-5-6-20(30-2)21(15-18)31-3/h5-6,8-9,15-16H,4,7,10-14,17H2,1-3H3,(H3,24,26,27). The average molecular weight is 427 g/mol. The third-order valence-corrected chi connectivity index (χ3v) is 5.55. The topological polar surface area (TPSA) is 88.2 Å². The van der Waals surface area contributed by atoms with E-state index in [1.807, 2.05) is 30.5 Å². The monoisotopic (exact) mass is 426 g/mol. The number of ether oxygens (including phenoxy) is 2. The Kier molecular flexibility index (Phi) is 8.35. The SMILES string of the molecule is CCN1CCN(c2cc(CN=C(N)NCCc3ccc(OC)c(OC)c3)ccn2)CC1. The van der Waals surface area contributed by atoms with Crippen LogP contribution in [0.5, 0.6) is 11.5 Å². The first-order chi connectivity index (χ1) is 15.1. The Balaban J connectivity index is 1.48. The number of pyridine rings is 1. The number of nitrogens with zero attached hydrogens (tertiary/aromatic N) is 4. The van der Waals surface area contributed by atoms with Crippen molar-refractivity contribution in [3.8, 4) is 11.5 Å². The van der Waals surface area contributed by atoms with Crippen molar-refractivity contribution in [2.24, 2.45) is 10.7 Å². The van der Waals surface area contributed by atoms with E-state index in [2.05, 4.69) is 38.1 Å². The van der Waals surface area contributed by atoms with Crippen molar-refractivity contribution < 1.29 is 9.47 Å². The molecule has 2 heterocycles. The van der Waals surface area contributed by atoms with Crippen LogP contribution in [0.3, 0.4) is 0 Å². The quantitative estimate of drug-likeness (QED) is 0.468. The van der Waals surface area contributed by atoms with E-state index in [1.54, 1.807) is 14.2 Å². The first-order valence-corrected chi connectivity index (χ1v) is 10.8. The van der Waals surface area contributed by atoms with Gasteiger partial charge in [-0.05, 0) is 48.4 Å². The normalized spacial score (nSPS) is 15.1. The van der Waals surface area contributed by atoms with Gasteiger partial charge < -0.3 is 30.3 Å².